The van der Waals surface area contributed by atoms with E-state index in [0.717, 1.165) is 22.1 Å². The molecule has 0 heterocycles. The highest BCUT2D eigenvalue weighted by molar-refractivity contribution is 9.10. The van der Waals surface area contributed by atoms with E-state index in [4.69, 9.17) is 4.74 Å². The second kappa shape index (κ2) is 3.73. The first-order chi connectivity index (χ1) is 6.76. The van der Waals surface area contributed by atoms with Crippen molar-refractivity contribution in [2.24, 2.45) is 0 Å². The van der Waals surface area contributed by atoms with Gasteiger partial charge in [0, 0.05) is 10.0 Å². The Balaban J connectivity index is 2.49. The summed E-state index contributed by atoms with van der Waals surface area (Å²) in [6.07, 6.45) is 3.28. The highest BCUT2D eigenvalue weighted by Gasteiger charge is 2.27. The van der Waals surface area contributed by atoms with Crippen molar-refractivity contribution in [2.45, 2.75) is 18.8 Å². The van der Waals surface area contributed by atoms with E-state index in [1.165, 1.54) is 12.8 Å². The molecule has 1 saturated carbocycles. The van der Waals surface area contributed by atoms with Crippen LogP contribution in [0.3, 0.4) is 0 Å². The number of halogens is 1. The first-order valence-corrected chi connectivity index (χ1v) is 5.38. The summed E-state index contributed by atoms with van der Waals surface area (Å²) in [5.41, 5.74) is 1.87. The van der Waals surface area contributed by atoms with Crippen LogP contribution in [0.1, 0.15) is 34.7 Å². The molecule has 0 aliphatic heterocycles. The first-order valence-electron chi connectivity index (χ1n) is 4.59. The molecule has 0 atom stereocenters. The number of methoxy groups -OCH3 is 1. The fourth-order valence-electron chi connectivity index (χ4n) is 1.57. The van der Waals surface area contributed by atoms with Crippen molar-refractivity contribution < 1.29 is 9.53 Å². The minimum absolute atomic E-state index is 0.594. The van der Waals surface area contributed by atoms with Gasteiger partial charge >= 0.3 is 0 Å². The molecular weight excluding hydrogens is 244 g/mol. The standard InChI is InChI=1S/C11H11BrO2/c1-14-11-5-10(12)8(6-13)4-9(11)7-2-3-7/h4-7H,2-3H2,1H3. The number of carbonyl (C=O) groups excluding carboxylic acids is 1. The molecule has 0 radical (unpaired) electrons. The quantitative estimate of drug-likeness (QED) is 0.775. The molecule has 0 amide bonds. The minimum Gasteiger partial charge on any atom is -0.496 e. The average molecular weight is 255 g/mol. The van der Waals surface area contributed by atoms with Crippen molar-refractivity contribution in [3.05, 3.63) is 27.7 Å². The molecule has 1 aliphatic carbocycles. The molecule has 1 aromatic rings. The molecule has 1 fully saturated rings. The highest BCUT2D eigenvalue weighted by Crippen LogP contribution is 2.45. The van der Waals surface area contributed by atoms with Gasteiger partial charge < -0.3 is 4.74 Å². The number of hydrogen-bond donors (Lipinski definition) is 0. The van der Waals surface area contributed by atoms with Gasteiger partial charge in [0.15, 0.2) is 6.29 Å². The minimum atomic E-state index is 0.594. The number of benzene rings is 1. The van der Waals surface area contributed by atoms with Gasteiger partial charge in [0.25, 0.3) is 0 Å². The number of rotatable bonds is 3. The topological polar surface area (TPSA) is 26.3 Å². The number of carbonyl (C=O) groups is 1. The number of aldehydes is 1. The zero-order valence-corrected chi connectivity index (χ0v) is 9.50. The van der Waals surface area contributed by atoms with Crippen molar-refractivity contribution in [1.29, 1.82) is 0 Å². The zero-order valence-electron chi connectivity index (χ0n) is 7.92. The van der Waals surface area contributed by atoms with Crippen LogP contribution in [0.2, 0.25) is 0 Å². The molecule has 0 aromatic heterocycles. The van der Waals surface area contributed by atoms with Crippen molar-refractivity contribution >= 4 is 22.2 Å². The van der Waals surface area contributed by atoms with E-state index in [1.807, 2.05) is 12.1 Å². The molecule has 0 spiro atoms. The van der Waals surface area contributed by atoms with Gasteiger partial charge in [0.05, 0.1) is 7.11 Å². The van der Waals surface area contributed by atoms with Crippen LogP contribution in [0, 0.1) is 0 Å². The fourth-order valence-corrected chi connectivity index (χ4v) is 1.99. The van der Waals surface area contributed by atoms with Crippen molar-refractivity contribution in [3.8, 4) is 5.75 Å². The van der Waals surface area contributed by atoms with Crippen LogP contribution in [0.5, 0.6) is 5.75 Å². The molecule has 14 heavy (non-hydrogen) atoms. The van der Waals surface area contributed by atoms with E-state index in [1.54, 1.807) is 7.11 Å². The first kappa shape index (κ1) is 9.71. The molecule has 0 N–H and O–H groups in total. The van der Waals surface area contributed by atoms with Crippen LogP contribution < -0.4 is 4.74 Å². The van der Waals surface area contributed by atoms with Crippen LogP contribution in [0.4, 0.5) is 0 Å². The van der Waals surface area contributed by atoms with E-state index in [9.17, 15) is 4.79 Å². The lowest BCUT2D eigenvalue weighted by molar-refractivity contribution is 0.112. The molecule has 0 bridgehead atoms. The molecule has 2 nitrogen and oxygen atoms in total. The molecule has 0 unspecified atom stereocenters. The van der Waals surface area contributed by atoms with Crippen molar-refractivity contribution in [3.63, 3.8) is 0 Å². The van der Waals surface area contributed by atoms with E-state index in [-0.39, 0.29) is 0 Å². The van der Waals surface area contributed by atoms with Crippen LogP contribution in [0.15, 0.2) is 16.6 Å². The van der Waals surface area contributed by atoms with Gasteiger partial charge in [-0.05, 0) is 52.4 Å². The summed E-state index contributed by atoms with van der Waals surface area (Å²) < 4.78 is 6.08. The third kappa shape index (κ3) is 1.69. The van der Waals surface area contributed by atoms with Gasteiger partial charge in [0.2, 0.25) is 0 Å². The van der Waals surface area contributed by atoms with Crippen LogP contribution in [-0.2, 0) is 0 Å². The van der Waals surface area contributed by atoms with Crippen molar-refractivity contribution in [2.75, 3.05) is 7.11 Å². The third-order valence-corrected chi connectivity index (χ3v) is 3.18. The van der Waals surface area contributed by atoms with E-state index in [2.05, 4.69) is 15.9 Å². The lowest BCUT2D eigenvalue weighted by atomic mass is 10.1. The Bertz CT molecular complexity index is 370. The number of ether oxygens (including phenoxy) is 1. The van der Waals surface area contributed by atoms with E-state index >= 15 is 0 Å². The predicted octanol–water partition coefficient (Wildman–Crippen LogP) is 3.15. The Morgan fingerprint density at radius 2 is 2.21 bits per heavy atom. The van der Waals surface area contributed by atoms with Crippen LogP contribution in [-0.4, -0.2) is 13.4 Å². The van der Waals surface area contributed by atoms with E-state index in [0.29, 0.717) is 11.5 Å². The molecule has 3 heteroatoms. The summed E-state index contributed by atoms with van der Waals surface area (Å²) in [5.74, 6) is 1.47. The molecular formula is C11H11BrO2. The maximum Gasteiger partial charge on any atom is 0.151 e. The lowest BCUT2D eigenvalue weighted by Crippen LogP contribution is -1.93. The van der Waals surface area contributed by atoms with Gasteiger partial charge in [-0.25, -0.2) is 0 Å². The zero-order chi connectivity index (χ0) is 10.1. The van der Waals surface area contributed by atoms with Crippen molar-refractivity contribution in [1.82, 2.24) is 0 Å². The SMILES string of the molecule is COc1cc(Br)c(C=O)cc1C1CC1. The van der Waals surface area contributed by atoms with Gasteiger partial charge in [-0.1, -0.05) is 0 Å². The van der Waals surface area contributed by atoms with E-state index < -0.39 is 0 Å². The Morgan fingerprint density at radius 3 is 2.71 bits per heavy atom. The molecule has 1 aromatic carbocycles. The summed E-state index contributed by atoms with van der Waals surface area (Å²) in [5, 5.41) is 0. The summed E-state index contributed by atoms with van der Waals surface area (Å²) >= 11 is 3.34. The second-order valence-corrected chi connectivity index (χ2v) is 4.36. The largest absolute Gasteiger partial charge is 0.496 e. The van der Waals surface area contributed by atoms with Gasteiger partial charge in [-0.2, -0.15) is 0 Å². The average Bonchev–Trinajstić information content (AvgIpc) is 3.01. The van der Waals surface area contributed by atoms with Gasteiger partial charge in [-0.3, -0.25) is 4.79 Å². The summed E-state index contributed by atoms with van der Waals surface area (Å²) in [4.78, 5) is 10.8. The number of hydrogen-bond acceptors (Lipinski definition) is 2. The summed E-state index contributed by atoms with van der Waals surface area (Å²) in [6.45, 7) is 0. The monoisotopic (exact) mass is 254 g/mol. The maximum absolute atomic E-state index is 10.8. The van der Waals surface area contributed by atoms with Gasteiger partial charge in [-0.15, -0.1) is 0 Å². The highest BCUT2D eigenvalue weighted by atomic mass is 79.9. The molecule has 0 saturated heterocycles. The Hall–Kier alpha value is -0.830. The molecule has 1 aliphatic rings. The smallest absolute Gasteiger partial charge is 0.151 e. The molecule has 2 rings (SSSR count). The summed E-state index contributed by atoms with van der Waals surface area (Å²) in [6, 6.07) is 3.80. The summed E-state index contributed by atoms with van der Waals surface area (Å²) in [7, 11) is 1.66. The van der Waals surface area contributed by atoms with Gasteiger partial charge in [0.1, 0.15) is 5.75 Å². The van der Waals surface area contributed by atoms with Crippen LogP contribution >= 0.6 is 15.9 Å². The fraction of sp³-hybridized carbons (Fsp3) is 0.364. The third-order valence-electron chi connectivity index (χ3n) is 2.49. The van der Waals surface area contributed by atoms with Crippen LogP contribution in [0.25, 0.3) is 0 Å². The molecule has 74 valence electrons. The second-order valence-electron chi connectivity index (χ2n) is 3.51. The normalized spacial score (nSPS) is 15.3. The lowest BCUT2D eigenvalue weighted by Gasteiger charge is -2.09. The Labute approximate surface area is 91.4 Å². The Morgan fingerprint density at radius 1 is 1.50 bits per heavy atom. The predicted molar refractivity (Wildman–Crippen MR) is 58.1 cm³/mol. The Kier molecular flexibility index (Phi) is 2.59. The maximum atomic E-state index is 10.8.